The first-order valence-electron chi connectivity index (χ1n) is 26.4. The molecule has 3 unspecified atom stereocenters. The van der Waals surface area contributed by atoms with Gasteiger partial charge < -0.3 is 28.8 Å². The van der Waals surface area contributed by atoms with Crippen molar-refractivity contribution < 1.29 is 32.9 Å². The number of quaternary nitrogens is 1. The summed E-state index contributed by atoms with van der Waals surface area (Å²) in [6.07, 6.45) is 56.4. The highest BCUT2D eigenvalue weighted by Gasteiger charge is 2.23. The van der Waals surface area contributed by atoms with Gasteiger partial charge in [-0.2, -0.15) is 0 Å². The Balaban J connectivity index is 4.35. The van der Waals surface area contributed by atoms with E-state index in [1.807, 2.05) is 27.2 Å². The summed E-state index contributed by atoms with van der Waals surface area (Å²) < 4.78 is 23.3. The molecule has 0 bridgehead atoms. The average Bonchev–Trinajstić information content (AvgIpc) is 3.23. The fraction of sp³-hybridized carbons (Fsp3) is 0.868. The summed E-state index contributed by atoms with van der Waals surface area (Å²) >= 11 is 0. The van der Waals surface area contributed by atoms with Crippen LogP contribution < -0.4 is 10.2 Å². The Bertz CT molecular complexity index is 1110. The smallest absolute Gasteiger partial charge is 0.268 e. The van der Waals surface area contributed by atoms with E-state index in [1.165, 1.54) is 180 Å². The van der Waals surface area contributed by atoms with Crippen LogP contribution in [0.1, 0.15) is 245 Å². The number of hydrogen-bond acceptors (Lipinski definition) is 6. The van der Waals surface area contributed by atoms with Crippen LogP contribution >= 0.6 is 7.82 Å². The third kappa shape index (κ3) is 46.7. The van der Waals surface area contributed by atoms with Crippen molar-refractivity contribution in [3.63, 3.8) is 0 Å². The molecule has 0 saturated carbocycles. The van der Waals surface area contributed by atoms with Crippen molar-refractivity contribution in [3.8, 4) is 0 Å². The minimum absolute atomic E-state index is 0.00756. The molecular formula is C53H103N2O6P. The van der Waals surface area contributed by atoms with Gasteiger partial charge in [-0.25, -0.2) is 0 Å². The van der Waals surface area contributed by atoms with Crippen molar-refractivity contribution >= 4 is 13.7 Å². The molecule has 366 valence electrons. The van der Waals surface area contributed by atoms with Crippen molar-refractivity contribution in [1.82, 2.24) is 5.32 Å². The van der Waals surface area contributed by atoms with Crippen LogP contribution in [-0.2, 0) is 18.4 Å². The Morgan fingerprint density at radius 1 is 0.548 bits per heavy atom. The highest BCUT2D eigenvalue weighted by atomic mass is 31.2. The maximum Gasteiger partial charge on any atom is 0.268 e. The molecule has 0 aliphatic heterocycles. The summed E-state index contributed by atoms with van der Waals surface area (Å²) in [7, 11) is 1.24. The van der Waals surface area contributed by atoms with E-state index in [9.17, 15) is 19.4 Å². The topological polar surface area (TPSA) is 108 Å². The predicted molar refractivity (Wildman–Crippen MR) is 265 cm³/mol. The van der Waals surface area contributed by atoms with Gasteiger partial charge in [0, 0.05) is 6.42 Å². The van der Waals surface area contributed by atoms with Crippen molar-refractivity contribution in [3.05, 3.63) is 36.5 Å². The molecule has 0 spiro atoms. The number of phosphoric ester groups is 1. The van der Waals surface area contributed by atoms with Gasteiger partial charge in [0.25, 0.3) is 7.82 Å². The van der Waals surface area contributed by atoms with Gasteiger partial charge in [-0.1, -0.05) is 230 Å². The van der Waals surface area contributed by atoms with E-state index in [0.717, 1.165) is 44.9 Å². The molecule has 0 fully saturated rings. The first-order valence-corrected chi connectivity index (χ1v) is 27.8. The van der Waals surface area contributed by atoms with E-state index < -0.39 is 26.6 Å². The summed E-state index contributed by atoms with van der Waals surface area (Å²) in [6.45, 7) is 4.64. The molecule has 62 heavy (non-hydrogen) atoms. The van der Waals surface area contributed by atoms with Gasteiger partial charge in [0.05, 0.1) is 39.9 Å². The predicted octanol–water partition coefficient (Wildman–Crippen LogP) is 14.8. The molecule has 8 nitrogen and oxygen atoms in total. The number of carbonyl (C=O) groups is 1. The number of aliphatic hydroxyl groups is 1. The van der Waals surface area contributed by atoms with Crippen LogP contribution in [0.2, 0.25) is 0 Å². The van der Waals surface area contributed by atoms with Crippen LogP contribution in [0.4, 0.5) is 0 Å². The van der Waals surface area contributed by atoms with Crippen LogP contribution in [0.3, 0.4) is 0 Å². The first kappa shape index (κ1) is 60.7. The van der Waals surface area contributed by atoms with E-state index in [1.54, 1.807) is 6.08 Å². The monoisotopic (exact) mass is 895 g/mol. The molecule has 0 aromatic rings. The third-order valence-electron chi connectivity index (χ3n) is 11.8. The molecule has 9 heteroatoms. The zero-order chi connectivity index (χ0) is 45.7. The quantitative estimate of drug-likeness (QED) is 0.0273. The molecule has 0 saturated heterocycles. The number of unbranched alkanes of at least 4 members (excludes halogenated alkanes) is 31. The number of nitrogens with zero attached hydrogens (tertiary/aromatic N) is 1. The first-order chi connectivity index (χ1) is 30.0. The Hall–Kier alpha value is -1.28. The Kier molecular flexibility index (Phi) is 44.0. The number of rotatable bonds is 48. The second kappa shape index (κ2) is 44.9. The molecule has 3 atom stereocenters. The van der Waals surface area contributed by atoms with E-state index in [-0.39, 0.29) is 12.5 Å². The van der Waals surface area contributed by atoms with Gasteiger partial charge in [-0.3, -0.25) is 9.36 Å². The second-order valence-corrected chi connectivity index (χ2v) is 20.6. The Morgan fingerprint density at radius 3 is 1.31 bits per heavy atom. The minimum atomic E-state index is -4.60. The van der Waals surface area contributed by atoms with Gasteiger partial charge in [0.15, 0.2) is 0 Å². The molecule has 0 heterocycles. The Morgan fingerprint density at radius 2 is 0.903 bits per heavy atom. The van der Waals surface area contributed by atoms with Crippen LogP contribution in [0.25, 0.3) is 0 Å². The van der Waals surface area contributed by atoms with Crippen molar-refractivity contribution in [2.45, 2.75) is 257 Å². The molecule has 0 rings (SSSR count). The van der Waals surface area contributed by atoms with Crippen LogP contribution in [0.5, 0.6) is 0 Å². The zero-order valence-electron chi connectivity index (χ0n) is 41.6. The molecule has 0 aliphatic carbocycles. The van der Waals surface area contributed by atoms with Gasteiger partial charge >= 0.3 is 0 Å². The summed E-state index contributed by atoms with van der Waals surface area (Å²) in [6, 6.07) is -0.907. The fourth-order valence-corrected chi connectivity index (χ4v) is 8.38. The lowest BCUT2D eigenvalue weighted by molar-refractivity contribution is -0.870. The number of phosphoric acid groups is 1. The number of nitrogens with one attached hydrogen (secondary N) is 1. The summed E-state index contributed by atoms with van der Waals surface area (Å²) in [4.78, 5) is 25.4. The Labute approximate surface area is 385 Å². The van der Waals surface area contributed by atoms with Crippen LogP contribution in [-0.4, -0.2) is 68.5 Å². The molecule has 0 radical (unpaired) electrons. The lowest BCUT2D eigenvalue weighted by Gasteiger charge is -2.29. The largest absolute Gasteiger partial charge is 0.756 e. The van der Waals surface area contributed by atoms with Crippen molar-refractivity contribution in [1.29, 1.82) is 0 Å². The molecular weight excluding hydrogens is 792 g/mol. The molecule has 0 aromatic carbocycles. The maximum atomic E-state index is 12.9. The SMILES string of the molecule is CCCCCCCCCCCCCCC/C=C/CC/C=C/CC/C=C/C(O)C(COP(=O)([O-])OCC[N+](C)(C)C)NC(=O)CCCCCCCCCCCCCCCCCCC. The van der Waals surface area contributed by atoms with Gasteiger partial charge in [-0.05, 0) is 44.9 Å². The zero-order valence-corrected chi connectivity index (χ0v) is 42.5. The van der Waals surface area contributed by atoms with E-state index >= 15 is 0 Å². The van der Waals surface area contributed by atoms with Crippen molar-refractivity contribution in [2.24, 2.45) is 0 Å². The second-order valence-electron chi connectivity index (χ2n) is 19.2. The number of carbonyl (C=O) groups excluding carboxylic acids is 1. The average molecular weight is 895 g/mol. The van der Waals surface area contributed by atoms with Gasteiger partial charge in [-0.15, -0.1) is 0 Å². The number of aliphatic hydroxyl groups excluding tert-OH is 1. The van der Waals surface area contributed by atoms with E-state index in [2.05, 4.69) is 43.5 Å². The number of allylic oxidation sites excluding steroid dienone is 5. The van der Waals surface area contributed by atoms with Crippen LogP contribution in [0.15, 0.2) is 36.5 Å². The van der Waals surface area contributed by atoms with E-state index in [4.69, 9.17) is 9.05 Å². The highest BCUT2D eigenvalue weighted by molar-refractivity contribution is 7.45. The minimum Gasteiger partial charge on any atom is -0.756 e. The van der Waals surface area contributed by atoms with Gasteiger partial charge in [0.1, 0.15) is 13.2 Å². The standard InChI is InChI=1S/C53H103N2O6P/c1-6-8-10-12-14-16-18-20-22-24-25-26-27-28-29-31-32-34-36-38-40-42-44-46-52(56)51(50-61-62(58,59)60-49-48-55(3,4)5)54-53(57)47-45-43-41-39-37-35-33-30-23-21-19-17-15-13-11-9-7-2/h29,31,36,38,44,46,51-52,56H,6-28,30,32-35,37,39-43,45,47-50H2,1-5H3,(H-,54,57,58,59)/b31-29+,38-36+,46-44+. The fourth-order valence-electron chi connectivity index (χ4n) is 7.66. The van der Waals surface area contributed by atoms with Crippen molar-refractivity contribution in [2.75, 3.05) is 40.9 Å². The highest BCUT2D eigenvalue weighted by Crippen LogP contribution is 2.38. The number of hydrogen-bond donors (Lipinski definition) is 2. The lowest BCUT2D eigenvalue weighted by atomic mass is 10.0. The number of likely N-dealkylation sites (N-methyl/N-ethyl adjacent to an activating group) is 1. The molecule has 1 amide bonds. The molecule has 2 N–H and O–H groups in total. The third-order valence-corrected chi connectivity index (χ3v) is 12.8. The summed E-state index contributed by atoms with van der Waals surface area (Å²) in [5.74, 6) is -0.208. The maximum absolute atomic E-state index is 12.9. The van der Waals surface area contributed by atoms with Crippen LogP contribution in [0, 0.1) is 0 Å². The molecule has 0 aromatic heterocycles. The normalized spacial score (nSPS) is 14.4. The lowest BCUT2D eigenvalue weighted by Crippen LogP contribution is -2.45. The molecule has 0 aliphatic rings. The number of amides is 1. The summed E-state index contributed by atoms with van der Waals surface area (Å²) in [5, 5.41) is 13.8. The van der Waals surface area contributed by atoms with E-state index in [0.29, 0.717) is 17.4 Å². The summed E-state index contributed by atoms with van der Waals surface area (Å²) in [5.41, 5.74) is 0. The van der Waals surface area contributed by atoms with Gasteiger partial charge in [0.2, 0.25) is 5.91 Å².